The smallest absolute Gasteiger partial charge is 0.123 e. The van der Waals surface area contributed by atoms with Crippen molar-refractivity contribution in [1.82, 2.24) is 14.8 Å². The molecule has 5 nitrogen and oxygen atoms in total. The van der Waals surface area contributed by atoms with E-state index in [9.17, 15) is 0 Å². The molecule has 0 radical (unpaired) electrons. The minimum Gasteiger partial charge on any atom is -0.397 e. The lowest BCUT2D eigenvalue weighted by atomic mass is 10.2. The highest BCUT2D eigenvalue weighted by atomic mass is 35.5. The third kappa shape index (κ3) is 3.25. The Morgan fingerprint density at radius 2 is 1.71 bits per heavy atom. The highest BCUT2D eigenvalue weighted by Gasteiger charge is 2.03. The van der Waals surface area contributed by atoms with Crippen molar-refractivity contribution in [2.75, 3.05) is 24.7 Å². The number of hydrogen-bond donors (Lipinski definition) is 1. The van der Waals surface area contributed by atoms with Gasteiger partial charge in [0, 0.05) is 14.1 Å². The third-order valence-electron chi connectivity index (χ3n) is 2.21. The highest BCUT2D eigenvalue weighted by Crippen LogP contribution is 2.23. The first-order valence-corrected chi connectivity index (χ1v) is 4.60. The predicted octanol–water partition coefficient (Wildman–Crippen LogP) is 1.76. The summed E-state index contributed by atoms with van der Waals surface area (Å²) < 4.78 is 1.82. The highest BCUT2D eigenvalue weighted by molar-refractivity contribution is 5.85. The Bertz CT molecular complexity index is 456. The lowest BCUT2D eigenvalue weighted by Crippen LogP contribution is -2.11. The molecule has 0 atom stereocenters. The maximum Gasteiger partial charge on any atom is 0.123 e. The van der Waals surface area contributed by atoms with E-state index in [1.165, 1.54) is 0 Å². The second-order valence-electron chi connectivity index (χ2n) is 3.51. The summed E-state index contributed by atoms with van der Waals surface area (Å²) in [7, 11) is 3.92. The molecule has 2 rings (SSSR count). The van der Waals surface area contributed by atoms with Crippen LogP contribution < -0.4 is 10.6 Å². The fourth-order valence-corrected chi connectivity index (χ4v) is 1.44. The molecule has 0 spiro atoms. The number of nitrogens with two attached hydrogens (primary N) is 1. The normalized spacial score (nSPS) is 9.06. The Balaban J connectivity index is 0.00000128. The van der Waals surface area contributed by atoms with Crippen molar-refractivity contribution in [3.63, 3.8) is 0 Å². The molecule has 1 heterocycles. The molecule has 94 valence electrons. The third-order valence-corrected chi connectivity index (χ3v) is 2.21. The summed E-state index contributed by atoms with van der Waals surface area (Å²) in [6, 6.07) is 5.86. The first-order valence-electron chi connectivity index (χ1n) is 4.60. The summed E-state index contributed by atoms with van der Waals surface area (Å²) in [6.07, 6.45) is 3.29. The van der Waals surface area contributed by atoms with Crippen LogP contribution >= 0.6 is 24.8 Å². The maximum absolute atomic E-state index is 5.93. The van der Waals surface area contributed by atoms with Crippen molar-refractivity contribution in [3.8, 4) is 5.69 Å². The molecular weight excluding hydrogens is 261 g/mol. The van der Waals surface area contributed by atoms with Gasteiger partial charge in [-0.05, 0) is 18.2 Å². The van der Waals surface area contributed by atoms with Crippen LogP contribution in [-0.2, 0) is 0 Å². The Labute approximate surface area is 112 Å². The molecule has 2 aromatic rings. The molecule has 2 N–H and O–H groups in total. The van der Waals surface area contributed by atoms with Gasteiger partial charge < -0.3 is 10.6 Å². The standard InChI is InChI=1S/C10H13N5.2ClH/c1-14(2)10-4-3-8(5-9(10)11)15-6-12-13-7-15;;/h3-7H,11H2,1-2H3;2*1H. The van der Waals surface area contributed by atoms with Gasteiger partial charge in [-0.1, -0.05) is 0 Å². The van der Waals surface area contributed by atoms with Gasteiger partial charge in [-0.25, -0.2) is 0 Å². The van der Waals surface area contributed by atoms with Crippen LogP contribution in [0, 0.1) is 0 Å². The molecule has 0 aliphatic carbocycles. The van der Waals surface area contributed by atoms with Gasteiger partial charge in [-0.3, -0.25) is 4.57 Å². The summed E-state index contributed by atoms with van der Waals surface area (Å²) in [5.74, 6) is 0. The number of halogens is 2. The van der Waals surface area contributed by atoms with Crippen molar-refractivity contribution < 1.29 is 0 Å². The number of hydrogen-bond acceptors (Lipinski definition) is 4. The molecule has 0 saturated heterocycles. The molecule has 0 aliphatic rings. The summed E-state index contributed by atoms with van der Waals surface area (Å²) in [6.45, 7) is 0. The average molecular weight is 276 g/mol. The van der Waals surface area contributed by atoms with Gasteiger partial charge >= 0.3 is 0 Å². The SMILES string of the molecule is CN(C)c1ccc(-n2cnnc2)cc1N.Cl.Cl. The number of anilines is 2. The van der Waals surface area contributed by atoms with E-state index in [2.05, 4.69) is 10.2 Å². The fourth-order valence-electron chi connectivity index (χ4n) is 1.44. The van der Waals surface area contributed by atoms with E-state index in [1.807, 2.05) is 41.8 Å². The molecule has 1 aromatic carbocycles. The molecule has 0 fully saturated rings. The zero-order valence-electron chi connectivity index (χ0n) is 9.57. The average Bonchev–Trinajstić information content (AvgIpc) is 2.69. The minimum atomic E-state index is 0. The number of aromatic nitrogens is 3. The van der Waals surface area contributed by atoms with Crippen LogP contribution in [0.3, 0.4) is 0 Å². The zero-order valence-corrected chi connectivity index (χ0v) is 11.2. The molecule has 0 unspecified atom stereocenters. The van der Waals surface area contributed by atoms with Crippen LogP contribution in [0.15, 0.2) is 30.9 Å². The molecule has 0 saturated carbocycles. The Morgan fingerprint density at radius 3 is 2.18 bits per heavy atom. The second kappa shape index (κ2) is 6.32. The molecule has 1 aromatic heterocycles. The van der Waals surface area contributed by atoms with Crippen molar-refractivity contribution in [1.29, 1.82) is 0 Å². The van der Waals surface area contributed by atoms with Gasteiger partial charge in [0.25, 0.3) is 0 Å². The number of rotatable bonds is 2. The van der Waals surface area contributed by atoms with Gasteiger partial charge in [0.15, 0.2) is 0 Å². The maximum atomic E-state index is 5.93. The minimum absolute atomic E-state index is 0. The topological polar surface area (TPSA) is 60.0 Å². The lowest BCUT2D eigenvalue weighted by Gasteiger charge is -2.15. The van der Waals surface area contributed by atoms with Gasteiger partial charge in [0.2, 0.25) is 0 Å². The molecular formula is C10H15Cl2N5. The summed E-state index contributed by atoms with van der Waals surface area (Å²) in [5.41, 5.74) is 8.64. The summed E-state index contributed by atoms with van der Waals surface area (Å²) >= 11 is 0. The predicted molar refractivity (Wildman–Crippen MR) is 74.6 cm³/mol. The summed E-state index contributed by atoms with van der Waals surface area (Å²) in [4.78, 5) is 1.98. The van der Waals surface area contributed by atoms with Crippen molar-refractivity contribution in [2.45, 2.75) is 0 Å². The molecule has 0 bridgehead atoms. The number of nitrogens with zero attached hydrogens (tertiary/aromatic N) is 4. The fraction of sp³-hybridized carbons (Fsp3) is 0.200. The largest absolute Gasteiger partial charge is 0.397 e. The van der Waals surface area contributed by atoms with Gasteiger partial charge in [-0.15, -0.1) is 35.0 Å². The van der Waals surface area contributed by atoms with E-state index in [0.717, 1.165) is 17.1 Å². The van der Waals surface area contributed by atoms with Gasteiger partial charge in [0.05, 0.1) is 17.1 Å². The zero-order chi connectivity index (χ0) is 10.8. The quantitative estimate of drug-likeness (QED) is 0.849. The van der Waals surface area contributed by atoms with Crippen molar-refractivity contribution >= 4 is 36.2 Å². The van der Waals surface area contributed by atoms with Crippen molar-refractivity contribution in [3.05, 3.63) is 30.9 Å². The first kappa shape index (κ1) is 15.5. The Hall–Kier alpha value is -1.46. The van der Waals surface area contributed by atoms with Crippen LogP contribution in [-0.4, -0.2) is 28.9 Å². The van der Waals surface area contributed by atoms with E-state index in [0.29, 0.717) is 0 Å². The number of benzene rings is 1. The summed E-state index contributed by atoms with van der Waals surface area (Å²) in [5, 5.41) is 7.49. The van der Waals surface area contributed by atoms with Crippen molar-refractivity contribution in [2.24, 2.45) is 0 Å². The molecule has 0 amide bonds. The molecule has 17 heavy (non-hydrogen) atoms. The van der Waals surface area contributed by atoms with Crippen LogP contribution in [0.4, 0.5) is 11.4 Å². The Morgan fingerprint density at radius 1 is 1.12 bits per heavy atom. The van der Waals surface area contributed by atoms with Crippen LogP contribution in [0.25, 0.3) is 5.69 Å². The van der Waals surface area contributed by atoms with E-state index in [1.54, 1.807) is 12.7 Å². The monoisotopic (exact) mass is 275 g/mol. The second-order valence-corrected chi connectivity index (χ2v) is 3.51. The van der Waals surface area contributed by atoms with Crippen LogP contribution in [0.5, 0.6) is 0 Å². The van der Waals surface area contributed by atoms with Gasteiger partial charge in [-0.2, -0.15) is 0 Å². The van der Waals surface area contributed by atoms with E-state index in [-0.39, 0.29) is 24.8 Å². The van der Waals surface area contributed by atoms with Crippen LogP contribution in [0.1, 0.15) is 0 Å². The van der Waals surface area contributed by atoms with Crippen LogP contribution in [0.2, 0.25) is 0 Å². The van der Waals surface area contributed by atoms with Gasteiger partial charge in [0.1, 0.15) is 12.7 Å². The lowest BCUT2D eigenvalue weighted by molar-refractivity contribution is 1.05. The Kier molecular flexibility index (Phi) is 5.78. The van der Waals surface area contributed by atoms with E-state index >= 15 is 0 Å². The first-order chi connectivity index (χ1) is 7.18. The van der Waals surface area contributed by atoms with E-state index < -0.39 is 0 Å². The number of nitrogen functional groups attached to an aromatic ring is 1. The van der Waals surface area contributed by atoms with E-state index in [4.69, 9.17) is 5.73 Å². The molecule has 0 aliphatic heterocycles. The molecule has 7 heteroatoms.